The molecule has 1 saturated carbocycles. The minimum Gasteiger partial charge on any atom is -0.377 e. The molecule has 2 aliphatic rings. The molecule has 0 bridgehead atoms. The maximum absolute atomic E-state index is 5.74. The Kier molecular flexibility index (Phi) is 6.46. The zero-order valence-electron chi connectivity index (χ0n) is 12.0. The van der Waals surface area contributed by atoms with Gasteiger partial charge in [-0.25, -0.2) is 0 Å². The maximum atomic E-state index is 5.74. The standard InChI is InChI=1S/C15H30N2O/c1-2-18-15-9-5-11-17(13-15)12-6-10-16-14-7-3-4-8-14/h14-16H,2-13H2,1H3. The molecular weight excluding hydrogens is 224 g/mol. The molecule has 0 amide bonds. The highest BCUT2D eigenvalue weighted by Crippen LogP contribution is 2.17. The predicted molar refractivity (Wildman–Crippen MR) is 76.0 cm³/mol. The van der Waals surface area contributed by atoms with E-state index in [0.29, 0.717) is 6.10 Å². The van der Waals surface area contributed by atoms with E-state index in [1.807, 2.05) is 0 Å². The van der Waals surface area contributed by atoms with Gasteiger partial charge in [0.15, 0.2) is 0 Å². The molecule has 1 N–H and O–H groups in total. The van der Waals surface area contributed by atoms with Crippen molar-refractivity contribution in [2.45, 2.75) is 64.0 Å². The Morgan fingerprint density at radius 1 is 1.17 bits per heavy atom. The third-order valence-electron chi connectivity index (χ3n) is 4.30. The molecule has 0 radical (unpaired) electrons. The van der Waals surface area contributed by atoms with Crippen LogP contribution in [-0.4, -0.2) is 49.8 Å². The van der Waals surface area contributed by atoms with Gasteiger partial charge in [0.1, 0.15) is 0 Å². The van der Waals surface area contributed by atoms with Crippen LogP contribution >= 0.6 is 0 Å². The number of ether oxygens (including phenoxy) is 1. The molecule has 2 rings (SSSR count). The lowest BCUT2D eigenvalue weighted by Crippen LogP contribution is -2.41. The van der Waals surface area contributed by atoms with Gasteiger partial charge in [-0.3, -0.25) is 0 Å². The SMILES string of the molecule is CCOC1CCCN(CCCNC2CCCC2)C1. The Balaban J connectivity index is 1.52. The smallest absolute Gasteiger partial charge is 0.0702 e. The van der Waals surface area contributed by atoms with Gasteiger partial charge in [0.05, 0.1) is 6.10 Å². The molecule has 1 atom stereocenters. The predicted octanol–water partition coefficient (Wildman–Crippen LogP) is 2.41. The van der Waals surface area contributed by atoms with E-state index in [0.717, 1.165) is 19.2 Å². The number of hydrogen-bond donors (Lipinski definition) is 1. The van der Waals surface area contributed by atoms with Gasteiger partial charge in [-0.05, 0) is 58.7 Å². The van der Waals surface area contributed by atoms with Crippen molar-refractivity contribution >= 4 is 0 Å². The second-order valence-electron chi connectivity index (χ2n) is 5.81. The van der Waals surface area contributed by atoms with Crippen LogP contribution in [0.4, 0.5) is 0 Å². The lowest BCUT2D eigenvalue weighted by Gasteiger charge is -2.32. The maximum Gasteiger partial charge on any atom is 0.0702 e. The van der Waals surface area contributed by atoms with Crippen LogP contribution in [-0.2, 0) is 4.74 Å². The third kappa shape index (κ3) is 4.87. The minimum atomic E-state index is 0.492. The van der Waals surface area contributed by atoms with Crippen LogP contribution in [0.3, 0.4) is 0 Å². The van der Waals surface area contributed by atoms with Crippen molar-refractivity contribution in [3.05, 3.63) is 0 Å². The zero-order chi connectivity index (χ0) is 12.6. The summed E-state index contributed by atoms with van der Waals surface area (Å²) >= 11 is 0. The van der Waals surface area contributed by atoms with Crippen molar-refractivity contribution in [1.29, 1.82) is 0 Å². The Morgan fingerprint density at radius 2 is 2.00 bits per heavy atom. The van der Waals surface area contributed by atoms with Crippen LogP contribution in [0.15, 0.2) is 0 Å². The van der Waals surface area contributed by atoms with E-state index >= 15 is 0 Å². The molecule has 2 fully saturated rings. The Morgan fingerprint density at radius 3 is 2.78 bits per heavy atom. The molecule has 18 heavy (non-hydrogen) atoms. The summed E-state index contributed by atoms with van der Waals surface area (Å²) in [5, 5.41) is 3.70. The fraction of sp³-hybridized carbons (Fsp3) is 1.00. The molecule has 0 spiro atoms. The molecule has 1 unspecified atom stereocenters. The largest absolute Gasteiger partial charge is 0.377 e. The fourth-order valence-corrected chi connectivity index (χ4v) is 3.33. The van der Waals surface area contributed by atoms with E-state index < -0.39 is 0 Å². The van der Waals surface area contributed by atoms with Crippen LogP contribution in [0.2, 0.25) is 0 Å². The summed E-state index contributed by atoms with van der Waals surface area (Å²) in [7, 11) is 0. The summed E-state index contributed by atoms with van der Waals surface area (Å²) < 4.78 is 5.74. The van der Waals surface area contributed by atoms with Crippen molar-refractivity contribution in [2.75, 3.05) is 32.8 Å². The lowest BCUT2D eigenvalue weighted by atomic mass is 10.1. The lowest BCUT2D eigenvalue weighted by molar-refractivity contribution is 0.00573. The van der Waals surface area contributed by atoms with Gasteiger partial charge in [-0.1, -0.05) is 12.8 Å². The number of rotatable bonds is 7. The first kappa shape index (κ1) is 14.3. The highest BCUT2D eigenvalue weighted by molar-refractivity contribution is 4.75. The number of piperidine rings is 1. The van der Waals surface area contributed by atoms with E-state index in [-0.39, 0.29) is 0 Å². The van der Waals surface area contributed by atoms with Crippen LogP contribution in [0.25, 0.3) is 0 Å². The summed E-state index contributed by atoms with van der Waals surface area (Å²) in [5.74, 6) is 0. The number of nitrogens with one attached hydrogen (secondary N) is 1. The van der Waals surface area contributed by atoms with Crippen molar-refractivity contribution < 1.29 is 4.74 Å². The molecule has 1 aliphatic heterocycles. The summed E-state index contributed by atoms with van der Waals surface area (Å²) in [4.78, 5) is 2.58. The van der Waals surface area contributed by atoms with Gasteiger partial charge in [-0.15, -0.1) is 0 Å². The number of likely N-dealkylation sites (tertiary alicyclic amines) is 1. The normalized spacial score (nSPS) is 26.8. The van der Waals surface area contributed by atoms with Gasteiger partial charge in [0, 0.05) is 19.2 Å². The molecule has 1 saturated heterocycles. The second-order valence-corrected chi connectivity index (χ2v) is 5.81. The first-order chi connectivity index (χ1) is 8.88. The molecule has 106 valence electrons. The van der Waals surface area contributed by atoms with Gasteiger partial charge in [0.2, 0.25) is 0 Å². The van der Waals surface area contributed by atoms with Gasteiger partial charge >= 0.3 is 0 Å². The summed E-state index contributed by atoms with van der Waals surface area (Å²) in [6.45, 7) is 7.82. The first-order valence-corrected chi connectivity index (χ1v) is 7.96. The minimum absolute atomic E-state index is 0.492. The topological polar surface area (TPSA) is 24.5 Å². The molecule has 0 aromatic rings. The monoisotopic (exact) mass is 254 g/mol. The van der Waals surface area contributed by atoms with E-state index in [9.17, 15) is 0 Å². The average Bonchev–Trinajstić information content (AvgIpc) is 2.89. The van der Waals surface area contributed by atoms with E-state index in [1.165, 1.54) is 64.6 Å². The summed E-state index contributed by atoms with van der Waals surface area (Å²) in [5.41, 5.74) is 0. The van der Waals surface area contributed by atoms with Crippen LogP contribution in [0, 0.1) is 0 Å². The molecule has 3 nitrogen and oxygen atoms in total. The second kappa shape index (κ2) is 8.13. The highest BCUT2D eigenvalue weighted by Gasteiger charge is 2.19. The molecule has 1 heterocycles. The first-order valence-electron chi connectivity index (χ1n) is 7.96. The Labute approximate surface area is 112 Å². The zero-order valence-corrected chi connectivity index (χ0v) is 12.0. The molecular formula is C15H30N2O. The van der Waals surface area contributed by atoms with E-state index in [2.05, 4.69) is 17.1 Å². The number of nitrogens with zero attached hydrogens (tertiary/aromatic N) is 1. The molecule has 3 heteroatoms. The summed E-state index contributed by atoms with van der Waals surface area (Å²) in [6.07, 6.45) is 10.00. The van der Waals surface area contributed by atoms with Gasteiger partial charge in [0.25, 0.3) is 0 Å². The van der Waals surface area contributed by atoms with Gasteiger partial charge < -0.3 is 15.0 Å². The van der Waals surface area contributed by atoms with Crippen LogP contribution < -0.4 is 5.32 Å². The van der Waals surface area contributed by atoms with Crippen molar-refractivity contribution in [2.24, 2.45) is 0 Å². The van der Waals surface area contributed by atoms with Gasteiger partial charge in [-0.2, -0.15) is 0 Å². The fourth-order valence-electron chi connectivity index (χ4n) is 3.33. The highest BCUT2D eigenvalue weighted by atomic mass is 16.5. The quantitative estimate of drug-likeness (QED) is 0.706. The van der Waals surface area contributed by atoms with Crippen molar-refractivity contribution in [3.8, 4) is 0 Å². The van der Waals surface area contributed by atoms with E-state index in [4.69, 9.17) is 4.74 Å². The van der Waals surface area contributed by atoms with Crippen molar-refractivity contribution in [1.82, 2.24) is 10.2 Å². The number of hydrogen-bond acceptors (Lipinski definition) is 3. The third-order valence-corrected chi connectivity index (χ3v) is 4.30. The Hall–Kier alpha value is -0.120. The van der Waals surface area contributed by atoms with Crippen molar-refractivity contribution in [3.63, 3.8) is 0 Å². The Bertz CT molecular complexity index is 215. The molecule has 1 aliphatic carbocycles. The summed E-state index contributed by atoms with van der Waals surface area (Å²) in [6, 6.07) is 0.822. The average molecular weight is 254 g/mol. The van der Waals surface area contributed by atoms with Crippen LogP contribution in [0.5, 0.6) is 0 Å². The molecule has 0 aromatic carbocycles. The van der Waals surface area contributed by atoms with Crippen LogP contribution in [0.1, 0.15) is 51.9 Å². The van der Waals surface area contributed by atoms with E-state index in [1.54, 1.807) is 0 Å². The molecule has 0 aromatic heterocycles.